The molecule has 5 heterocycles. The number of hydrogen-bond acceptors (Lipinski definition) is 7. The molecule has 2 aliphatic heterocycles. The van der Waals surface area contributed by atoms with Crippen molar-refractivity contribution in [3.8, 4) is 11.3 Å². The molecule has 0 bridgehead atoms. The number of halogens is 5. The van der Waals surface area contributed by atoms with E-state index in [2.05, 4.69) is 32.1 Å². The number of rotatable bonds is 9. The topological polar surface area (TPSA) is 108 Å². The van der Waals surface area contributed by atoms with Crippen molar-refractivity contribution in [2.45, 2.75) is 103 Å². The van der Waals surface area contributed by atoms with Gasteiger partial charge < -0.3 is 20.1 Å². The predicted molar refractivity (Wildman–Crippen MR) is 191 cm³/mol. The highest BCUT2D eigenvalue weighted by atomic mass is 19.3. The zero-order valence-electron chi connectivity index (χ0n) is 30.6. The molecule has 7 rings (SSSR count). The Kier molecular flexibility index (Phi) is 9.22. The molecule has 2 amide bonds. The van der Waals surface area contributed by atoms with Crippen molar-refractivity contribution in [3.05, 3.63) is 58.9 Å². The number of carbonyl (C=O) groups is 2. The summed E-state index contributed by atoms with van der Waals surface area (Å²) in [7, 11) is 0. The smallest absolute Gasteiger partial charge is 0.255 e. The molecule has 2 N–H and O–H groups in total. The van der Waals surface area contributed by atoms with Crippen molar-refractivity contribution in [1.29, 1.82) is 0 Å². The van der Waals surface area contributed by atoms with Crippen molar-refractivity contribution in [1.82, 2.24) is 29.7 Å². The molecule has 15 heteroatoms. The third-order valence-corrected chi connectivity index (χ3v) is 11.1. The zero-order valence-corrected chi connectivity index (χ0v) is 30.6. The number of nitrogens with zero attached hydrogens (tertiary/aromatic N) is 6. The molecule has 3 aromatic heterocycles. The molecule has 4 aromatic rings. The Morgan fingerprint density at radius 1 is 1.00 bits per heavy atom. The number of likely N-dealkylation sites (tertiary alicyclic amines) is 1. The first kappa shape index (κ1) is 36.7. The molecule has 3 aliphatic rings. The second-order valence-electron chi connectivity index (χ2n) is 15.5. The fraction of sp³-hybridized carbons (Fsp3) is 0.500. The number of pyridine rings is 2. The van der Waals surface area contributed by atoms with Crippen LogP contribution >= 0.6 is 0 Å². The number of benzene rings is 1. The maximum absolute atomic E-state index is 16.2. The summed E-state index contributed by atoms with van der Waals surface area (Å²) in [6, 6.07) is 3.89. The van der Waals surface area contributed by atoms with Gasteiger partial charge in [-0.3, -0.25) is 14.5 Å². The highest BCUT2D eigenvalue weighted by Gasteiger charge is 2.55. The Balaban J connectivity index is 1.30. The molecule has 1 aliphatic carbocycles. The lowest BCUT2D eigenvalue weighted by atomic mass is 9.71. The molecule has 0 radical (unpaired) electrons. The van der Waals surface area contributed by atoms with Crippen LogP contribution in [-0.2, 0) is 10.2 Å². The SMILES string of the molecule is Cc1c(C(=O)NCC(F)F)cc(Nc2nc(-c3cc4c(nc3F)C(C)(C)C(=O)N4C3CC(C)(N4CCCCC4)C3)cc3ncn(C(C)C)c23)c(F)c1F. The Bertz CT molecular complexity index is 2120. The second kappa shape index (κ2) is 13.3. The largest absolute Gasteiger partial charge is 0.346 e. The van der Waals surface area contributed by atoms with Gasteiger partial charge in [-0.05, 0) is 98.5 Å². The molecule has 0 atom stereocenters. The number of anilines is 3. The summed E-state index contributed by atoms with van der Waals surface area (Å²) in [5.41, 5.74) is -0.733. The summed E-state index contributed by atoms with van der Waals surface area (Å²) < 4.78 is 74.3. The lowest BCUT2D eigenvalue weighted by Crippen LogP contribution is -2.64. The van der Waals surface area contributed by atoms with Crippen LogP contribution < -0.4 is 15.5 Å². The van der Waals surface area contributed by atoms with Crippen molar-refractivity contribution < 1.29 is 31.5 Å². The maximum Gasteiger partial charge on any atom is 0.255 e. The Morgan fingerprint density at radius 2 is 1.70 bits per heavy atom. The van der Waals surface area contributed by atoms with E-state index in [4.69, 9.17) is 0 Å². The Hall–Kier alpha value is -4.66. The van der Waals surface area contributed by atoms with E-state index in [-0.39, 0.29) is 51.7 Å². The number of nitrogens with one attached hydrogen (secondary N) is 2. The normalized spacial score (nSPS) is 21.4. The number of amides is 2. The molecule has 1 saturated carbocycles. The van der Waals surface area contributed by atoms with Crippen molar-refractivity contribution in [2.75, 3.05) is 29.9 Å². The first-order valence-corrected chi connectivity index (χ1v) is 18.0. The maximum atomic E-state index is 16.2. The monoisotopic (exact) mass is 738 g/mol. The lowest BCUT2D eigenvalue weighted by molar-refractivity contribution is -0.123. The quantitative estimate of drug-likeness (QED) is 0.135. The van der Waals surface area contributed by atoms with Gasteiger partial charge in [0.25, 0.3) is 12.3 Å². The van der Waals surface area contributed by atoms with E-state index in [9.17, 15) is 18.4 Å². The second-order valence-corrected chi connectivity index (χ2v) is 15.5. The number of carbonyl (C=O) groups excluding carboxylic acids is 2. The standard InChI is InChI=1S/C38H43F5N8O2/c1-19(2)50-18-45-26-14-24(46-34(31(26)50)47-25-12-22(20(3)29(41)30(25)42)35(52)44-17-28(39)40)23-13-27-32(48-33(23)43)37(4,5)36(53)51(27)21-15-38(6,16-21)49-10-8-7-9-11-49/h12-14,18-19,21,28H,7-11,15-17H2,1-6H3,(H,44,52)(H,46,47). The first-order chi connectivity index (χ1) is 25.0. The van der Waals surface area contributed by atoms with Gasteiger partial charge in [-0.15, -0.1) is 0 Å². The average molecular weight is 739 g/mol. The lowest BCUT2D eigenvalue weighted by Gasteiger charge is -2.55. The van der Waals surface area contributed by atoms with E-state index in [1.54, 1.807) is 35.4 Å². The Labute approximate surface area is 304 Å². The molecule has 0 spiro atoms. The van der Waals surface area contributed by atoms with Crippen molar-refractivity contribution >= 4 is 40.0 Å². The van der Waals surface area contributed by atoms with Crippen LogP contribution in [-0.4, -0.2) is 73.9 Å². The summed E-state index contributed by atoms with van der Waals surface area (Å²) in [4.78, 5) is 44.5. The van der Waals surface area contributed by atoms with Gasteiger partial charge in [0.1, 0.15) is 5.52 Å². The van der Waals surface area contributed by atoms with Crippen LogP contribution in [0.5, 0.6) is 0 Å². The molecule has 53 heavy (non-hydrogen) atoms. The highest BCUT2D eigenvalue weighted by Crippen LogP contribution is 2.50. The molecular formula is C38H43F5N8O2. The summed E-state index contributed by atoms with van der Waals surface area (Å²) in [6.07, 6.45) is 3.75. The molecule has 1 aromatic carbocycles. The van der Waals surface area contributed by atoms with Gasteiger partial charge in [0.2, 0.25) is 11.9 Å². The van der Waals surface area contributed by atoms with E-state index in [0.717, 1.165) is 44.8 Å². The predicted octanol–water partition coefficient (Wildman–Crippen LogP) is 7.57. The Morgan fingerprint density at radius 3 is 2.36 bits per heavy atom. The first-order valence-electron chi connectivity index (χ1n) is 18.0. The van der Waals surface area contributed by atoms with Crippen LogP contribution in [0.3, 0.4) is 0 Å². The van der Waals surface area contributed by atoms with Crippen molar-refractivity contribution in [3.63, 3.8) is 0 Å². The van der Waals surface area contributed by atoms with Crippen LogP contribution in [0, 0.1) is 24.5 Å². The third kappa shape index (κ3) is 6.19. The number of alkyl halides is 2. The minimum absolute atomic E-state index is 0.0240. The third-order valence-electron chi connectivity index (χ3n) is 11.1. The number of hydrogen-bond donors (Lipinski definition) is 2. The summed E-state index contributed by atoms with van der Waals surface area (Å²) in [5, 5.41) is 4.80. The molecular weight excluding hydrogens is 695 g/mol. The molecule has 0 unspecified atom stereocenters. The number of imidazole rings is 1. The summed E-state index contributed by atoms with van der Waals surface area (Å²) in [6.45, 7) is 11.7. The fourth-order valence-corrected chi connectivity index (χ4v) is 8.12. The zero-order chi connectivity index (χ0) is 38.1. The van der Waals surface area contributed by atoms with Crippen LogP contribution in [0.25, 0.3) is 22.3 Å². The summed E-state index contributed by atoms with van der Waals surface area (Å²) >= 11 is 0. The van der Waals surface area contributed by atoms with Crippen LogP contribution in [0.1, 0.15) is 94.4 Å². The number of fused-ring (bicyclic) bond motifs is 2. The van der Waals surface area contributed by atoms with Gasteiger partial charge in [-0.1, -0.05) is 6.42 Å². The van der Waals surface area contributed by atoms with Gasteiger partial charge in [-0.2, -0.15) is 4.39 Å². The fourth-order valence-electron chi connectivity index (χ4n) is 8.12. The van der Waals surface area contributed by atoms with Crippen LogP contribution in [0.15, 0.2) is 24.5 Å². The average Bonchev–Trinajstić information content (AvgIpc) is 3.62. The highest BCUT2D eigenvalue weighted by molar-refractivity contribution is 6.08. The number of piperidine rings is 1. The minimum atomic E-state index is -2.85. The van der Waals surface area contributed by atoms with E-state index < -0.39 is 47.6 Å². The molecule has 282 valence electrons. The van der Waals surface area contributed by atoms with Crippen molar-refractivity contribution in [2.24, 2.45) is 0 Å². The van der Waals surface area contributed by atoms with Crippen LogP contribution in [0.4, 0.5) is 39.1 Å². The van der Waals surface area contributed by atoms with Gasteiger partial charge in [-0.25, -0.2) is 32.5 Å². The molecule has 1 saturated heterocycles. The number of aromatic nitrogens is 4. The summed E-state index contributed by atoms with van der Waals surface area (Å²) in [5.74, 6) is -4.76. The van der Waals surface area contributed by atoms with Gasteiger partial charge >= 0.3 is 0 Å². The van der Waals surface area contributed by atoms with E-state index in [1.165, 1.54) is 19.7 Å². The van der Waals surface area contributed by atoms with Crippen LogP contribution in [0.2, 0.25) is 0 Å². The van der Waals surface area contributed by atoms with E-state index in [1.807, 2.05) is 19.2 Å². The van der Waals surface area contributed by atoms with Gasteiger partial charge in [0, 0.05) is 28.7 Å². The molecule has 10 nitrogen and oxygen atoms in total. The van der Waals surface area contributed by atoms with E-state index >= 15 is 13.2 Å². The van der Waals surface area contributed by atoms with E-state index in [0.29, 0.717) is 22.4 Å². The van der Waals surface area contributed by atoms with Gasteiger partial charge in [0.05, 0.1) is 52.1 Å². The minimum Gasteiger partial charge on any atom is -0.346 e. The van der Waals surface area contributed by atoms with Gasteiger partial charge in [0.15, 0.2) is 17.5 Å². The molecule has 2 fully saturated rings.